The second kappa shape index (κ2) is 10.9. The molecule has 1 N–H and O–H groups in total. The highest BCUT2D eigenvalue weighted by Gasteiger charge is 2.42. The minimum absolute atomic E-state index is 0.0358. The highest BCUT2D eigenvalue weighted by Crippen LogP contribution is 2.36. The van der Waals surface area contributed by atoms with Gasteiger partial charge in [0, 0.05) is 30.6 Å². The first-order valence-electron chi connectivity index (χ1n) is 13.1. The van der Waals surface area contributed by atoms with Gasteiger partial charge in [0.15, 0.2) is 0 Å². The number of carbonyl (C=O) groups excluding carboxylic acids is 1. The summed E-state index contributed by atoms with van der Waals surface area (Å²) in [5.41, 5.74) is 0.343. The summed E-state index contributed by atoms with van der Waals surface area (Å²) in [5, 5.41) is 11.6. The summed E-state index contributed by atoms with van der Waals surface area (Å²) in [6.07, 6.45) is 10.5. The van der Waals surface area contributed by atoms with Gasteiger partial charge in [-0.15, -0.1) is 0 Å². The number of hydrogen-bond donors (Lipinski definition) is 1. The van der Waals surface area contributed by atoms with Crippen molar-refractivity contribution in [1.29, 1.82) is 0 Å². The molecule has 2 aliphatic rings. The van der Waals surface area contributed by atoms with Crippen LogP contribution in [-0.4, -0.2) is 44.2 Å². The molecule has 6 nitrogen and oxygen atoms in total. The Morgan fingerprint density at radius 2 is 1.82 bits per heavy atom. The fraction of sp³-hybridized carbons (Fsp3) is 0.607. The molecule has 0 bridgehead atoms. The summed E-state index contributed by atoms with van der Waals surface area (Å²) in [6, 6.07) is 10.8. The van der Waals surface area contributed by atoms with E-state index >= 15 is 0 Å². The second-order valence-electron chi connectivity index (χ2n) is 10.4. The van der Waals surface area contributed by atoms with Gasteiger partial charge in [-0.25, -0.2) is 4.98 Å². The number of hydrogen-bond acceptors (Lipinski definition) is 4. The van der Waals surface area contributed by atoms with Crippen LogP contribution >= 0.6 is 0 Å². The van der Waals surface area contributed by atoms with Crippen molar-refractivity contribution >= 4 is 5.91 Å². The van der Waals surface area contributed by atoms with Gasteiger partial charge in [-0.1, -0.05) is 76.3 Å². The van der Waals surface area contributed by atoms with Gasteiger partial charge in [-0.3, -0.25) is 14.2 Å². The molecule has 2 fully saturated rings. The number of nitrogens with zero attached hydrogens (tertiary/aromatic N) is 3. The van der Waals surface area contributed by atoms with Crippen molar-refractivity contribution in [2.45, 2.75) is 83.3 Å². The van der Waals surface area contributed by atoms with Crippen molar-refractivity contribution in [2.75, 3.05) is 13.1 Å². The third kappa shape index (κ3) is 5.43. The van der Waals surface area contributed by atoms with Crippen LogP contribution in [-0.2, 0) is 4.79 Å². The van der Waals surface area contributed by atoms with Gasteiger partial charge in [0.25, 0.3) is 5.56 Å². The van der Waals surface area contributed by atoms with Crippen LogP contribution in [0.4, 0.5) is 0 Å². The Morgan fingerprint density at radius 1 is 1.15 bits per heavy atom. The average molecular weight is 466 g/mol. The minimum atomic E-state index is -1.03. The highest BCUT2D eigenvalue weighted by atomic mass is 16.3. The maximum Gasteiger partial charge on any atom is 0.254 e. The van der Waals surface area contributed by atoms with E-state index in [2.05, 4.69) is 11.9 Å². The van der Waals surface area contributed by atoms with Crippen LogP contribution < -0.4 is 5.56 Å². The number of benzene rings is 1. The van der Waals surface area contributed by atoms with Gasteiger partial charge in [-0.05, 0) is 31.6 Å². The van der Waals surface area contributed by atoms with E-state index < -0.39 is 5.60 Å². The summed E-state index contributed by atoms with van der Waals surface area (Å²) in [4.78, 5) is 32.5. The molecule has 1 aliphatic heterocycles. The summed E-state index contributed by atoms with van der Waals surface area (Å²) >= 11 is 0. The molecule has 34 heavy (non-hydrogen) atoms. The number of aromatic nitrogens is 2. The molecule has 2 aromatic rings. The molecule has 4 rings (SSSR count). The molecule has 0 spiro atoms. The lowest BCUT2D eigenvalue weighted by atomic mass is 9.81. The third-order valence-corrected chi connectivity index (χ3v) is 8.02. The van der Waals surface area contributed by atoms with Gasteiger partial charge >= 0.3 is 0 Å². The maximum atomic E-state index is 13.1. The van der Waals surface area contributed by atoms with Crippen molar-refractivity contribution in [3.8, 4) is 11.3 Å². The number of carbonyl (C=O) groups is 1. The first kappa shape index (κ1) is 24.6. The van der Waals surface area contributed by atoms with Gasteiger partial charge in [0.2, 0.25) is 5.91 Å². The maximum absolute atomic E-state index is 13.1. The van der Waals surface area contributed by atoms with Crippen molar-refractivity contribution in [1.82, 2.24) is 14.5 Å². The Hall–Kier alpha value is -2.47. The molecule has 2 atom stereocenters. The van der Waals surface area contributed by atoms with Crippen LogP contribution in [0, 0.1) is 11.8 Å². The minimum Gasteiger partial charge on any atom is -0.388 e. The second-order valence-corrected chi connectivity index (χ2v) is 10.4. The third-order valence-electron chi connectivity index (χ3n) is 8.02. The molecule has 1 aliphatic carbocycles. The molecular formula is C28H39N3O3. The molecule has 0 radical (unpaired) electrons. The number of piperidine rings is 1. The van der Waals surface area contributed by atoms with Gasteiger partial charge in [-0.2, -0.15) is 0 Å². The van der Waals surface area contributed by atoms with Gasteiger partial charge in [0.05, 0.1) is 23.7 Å². The molecule has 1 amide bonds. The van der Waals surface area contributed by atoms with E-state index in [1.165, 1.54) is 32.1 Å². The molecule has 1 saturated heterocycles. The predicted octanol–water partition coefficient (Wildman–Crippen LogP) is 4.82. The zero-order valence-corrected chi connectivity index (χ0v) is 20.7. The Labute approximate surface area is 203 Å². The van der Waals surface area contributed by atoms with Crippen molar-refractivity contribution in [3.05, 3.63) is 53.1 Å². The smallest absolute Gasteiger partial charge is 0.254 e. The molecule has 184 valence electrons. The van der Waals surface area contributed by atoms with Crippen molar-refractivity contribution < 1.29 is 9.90 Å². The topological polar surface area (TPSA) is 75.4 Å². The van der Waals surface area contributed by atoms with E-state index in [-0.39, 0.29) is 23.4 Å². The summed E-state index contributed by atoms with van der Waals surface area (Å²) in [6.45, 7) is 5.12. The quantitative estimate of drug-likeness (QED) is 0.636. The zero-order valence-electron chi connectivity index (χ0n) is 20.7. The normalized spacial score (nSPS) is 20.6. The highest BCUT2D eigenvalue weighted by molar-refractivity contribution is 5.78. The average Bonchev–Trinajstić information content (AvgIpc) is 2.86. The van der Waals surface area contributed by atoms with Crippen LogP contribution in [0.3, 0.4) is 0 Å². The van der Waals surface area contributed by atoms with Crippen LogP contribution in [0.5, 0.6) is 0 Å². The molecule has 6 heteroatoms. The van der Waals surface area contributed by atoms with Crippen LogP contribution in [0.2, 0.25) is 0 Å². The van der Waals surface area contributed by atoms with E-state index in [1.807, 2.05) is 42.2 Å². The first-order valence-corrected chi connectivity index (χ1v) is 13.1. The number of likely N-dealkylation sites (tertiary alicyclic amines) is 1. The zero-order chi connectivity index (χ0) is 24.1. The molecule has 1 aromatic heterocycles. The molecular weight excluding hydrogens is 426 g/mol. The summed E-state index contributed by atoms with van der Waals surface area (Å²) in [7, 11) is 0. The summed E-state index contributed by atoms with van der Waals surface area (Å²) < 4.78 is 1.58. The van der Waals surface area contributed by atoms with E-state index in [0.717, 1.165) is 12.0 Å². The predicted molar refractivity (Wildman–Crippen MR) is 134 cm³/mol. The van der Waals surface area contributed by atoms with Crippen LogP contribution in [0.15, 0.2) is 47.5 Å². The number of rotatable bonds is 7. The Balaban J connectivity index is 1.41. The lowest BCUT2D eigenvalue weighted by Gasteiger charge is -2.43. The van der Waals surface area contributed by atoms with E-state index in [0.29, 0.717) is 44.0 Å². The Kier molecular flexibility index (Phi) is 7.87. The molecule has 2 heterocycles. The first-order chi connectivity index (χ1) is 16.4. The van der Waals surface area contributed by atoms with Crippen molar-refractivity contribution in [3.63, 3.8) is 0 Å². The number of amides is 1. The molecule has 1 saturated carbocycles. The lowest BCUT2D eigenvalue weighted by Crippen LogP contribution is -2.53. The fourth-order valence-electron chi connectivity index (χ4n) is 6.03. The lowest BCUT2D eigenvalue weighted by molar-refractivity contribution is -0.141. The largest absolute Gasteiger partial charge is 0.388 e. The Morgan fingerprint density at radius 3 is 2.44 bits per heavy atom. The van der Waals surface area contributed by atoms with Gasteiger partial charge < -0.3 is 10.0 Å². The molecule has 1 aromatic carbocycles. The monoisotopic (exact) mass is 465 g/mol. The van der Waals surface area contributed by atoms with E-state index in [1.54, 1.807) is 17.0 Å². The number of aliphatic hydroxyl groups is 1. The fourth-order valence-corrected chi connectivity index (χ4v) is 6.03. The van der Waals surface area contributed by atoms with Gasteiger partial charge in [0.1, 0.15) is 0 Å². The van der Waals surface area contributed by atoms with Crippen molar-refractivity contribution in [2.24, 2.45) is 11.8 Å². The standard InChI is InChI=1S/C28H39N3O3/c1-3-25(31-20-29-24(19-26(31)32)23-12-8-5-9-13-23)28(34)14-16-30(17-15-28)27(33)21(2)18-22-10-6-4-7-11-22/h5,8-9,12-13,19-22,25,34H,3-4,6-7,10-11,14-18H2,1-2H3/t21?,25-/m0/s1. The van der Waals surface area contributed by atoms with E-state index in [4.69, 9.17) is 0 Å². The van der Waals surface area contributed by atoms with Crippen LogP contribution in [0.1, 0.15) is 77.7 Å². The summed E-state index contributed by atoms with van der Waals surface area (Å²) in [5.74, 6) is 0.928. The van der Waals surface area contributed by atoms with Crippen LogP contribution in [0.25, 0.3) is 11.3 Å². The Bertz CT molecular complexity index is 1010. The van der Waals surface area contributed by atoms with E-state index in [9.17, 15) is 14.7 Å². The SMILES string of the molecule is CC[C@H](n1cnc(-c2ccccc2)cc1=O)C1(O)CCN(C(=O)C(C)CC2CCCCC2)CC1. The molecule has 1 unspecified atom stereocenters.